The van der Waals surface area contributed by atoms with Gasteiger partial charge in [-0.1, -0.05) is 12.1 Å². The van der Waals surface area contributed by atoms with Gasteiger partial charge in [-0.2, -0.15) is 13.2 Å². The summed E-state index contributed by atoms with van der Waals surface area (Å²) in [6.45, 7) is 1.35. The average Bonchev–Trinajstić information content (AvgIpc) is 2.38. The number of hydrogen-bond acceptors (Lipinski definition) is 2. The Labute approximate surface area is 114 Å². The fourth-order valence-corrected chi connectivity index (χ4v) is 2.69. The van der Waals surface area contributed by atoms with E-state index in [9.17, 15) is 18.0 Å². The van der Waals surface area contributed by atoms with Gasteiger partial charge in [0.2, 0.25) is 0 Å². The maximum absolute atomic E-state index is 12.5. The van der Waals surface area contributed by atoms with E-state index in [-0.39, 0.29) is 18.3 Å². The second-order valence-electron chi connectivity index (χ2n) is 5.08. The van der Waals surface area contributed by atoms with Crippen LogP contribution in [0.25, 0.3) is 0 Å². The van der Waals surface area contributed by atoms with Crippen LogP contribution in [0.15, 0.2) is 24.3 Å². The minimum absolute atomic E-state index is 0.0366. The molecule has 6 heteroatoms. The van der Waals surface area contributed by atoms with Crippen LogP contribution < -0.4 is 5.32 Å². The van der Waals surface area contributed by atoms with E-state index in [1.807, 2.05) is 0 Å². The van der Waals surface area contributed by atoms with Crippen molar-refractivity contribution in [3.05, 3.63) is 35.4 Å². The van der Waals surface area contributed by atoms with Gasteiger partial charge in [-0.25, -0.2) is 0 Å². The molecule has 0 aliphatic carbocycles. The van der Waals surface area contributed by atoms with Crippen molar-refractivity contribution >= 4 is 5.97 Å². The van der Waals surface area contributed by atoms with Crippen molar-refractivity contribution < 1.29 is 23.1 Å². The molecule has 1 fully saturated rings. The van der Waals surface area contributed by atoms with E-state index in [1.54, 1.807) is 0 Å². The van der Waals surface area contributed by atoms with Crippen molar-refractivity contribution in [2.24, 2.45) is 5.92 Å². The Bertz CT molecular complexity index is 470. The molecule has 1 aromatic carbocycles. The molecule has 110 valence electrons. The summed E-state index contributed by atoms with van der Waals surface area (Å²) in [5, 5.41) is 12.1. The molecule has 0 spiro atoms. The third kappa shape index (κ3) is 3.50. The van der Waals surface area contributed by atoms with Gasteiger partial charge in [-0.3, -0.25) is 4.79 Å². The first-order chi connectivity index (χ1) is 9.38. The van der Waals surface area contributed by atoms with Gasteiger partial charge < -0.3 is 10.4 Å². The number of piperidine rings is 1. The summed E-state index contributed by atoms with van der Waals surface area (Å²) >= 11 is 0. The minimum Gasteiger partial charge on any atom is -0.481 e. The Hall–Kier alpha value is -1.56. The Morgan fingerprint density at radius 2 is 1.95 bits per heavy atom. The molecule has 1 aliphatic rings. The maximum atomic E-state index is 12.5. The molecule has 0 saturated carbocycles. The highest BCUT2D eigenvalue weighted by molar-refractivity contribution is 5.67. The molecule has 0 aromatic heterocycles. The first-order valence-corrected chi connectivity index (χ1v) is 6.47. The van der Waals surface area contributed by atoms with Crippen molar-refractivity contribution in [1.82, 2.24) is 5.32 Å². The van der Waals surface area contributed by atoms with Crippen LogP contribution in [-0.2, 0) is 11.0 Å². The van der Waals surface area contributed by atoms with Crippen LogP contribution in [0.1, 0.15) is 29.9 Å². The standard InChI is InChI=1S/C14H16F3NO2/c15-14(16,17)11-3-1-9(2-4-11)12-8-18-6-5-10(12)7-13(19)20/h1-4,10,12,18H,5-8H2,(H,19,20). The Morgan fingerprint density at radius 3 is 2.50 bits per heavy atom. The lowest BCUT2D eigenvalue weighted by Crippen LogP contribution is -2.36. The summed E-state index contributed by atoms with van der Waals surface area (Å²) in [7, 11) is 0. The first kappa shape index (κ1) is 14.8. The summed E-state index contributed by atoms with van der Waals surface area (Å²) in [6.07, 6.45) is -3.57. The van der Waals surface area contributed by atoms with E-state index < -0.39 is 17.7 Å². The van der Waals surface area contributed by atoms with Crippen LogP contribution in [0.5, 0.6) is 0 Å². The Balaban J connectivity index is 2.17. The van der Waals surface area contributed by atoms with Gasteiger partial charge in [0.25, 0.3) is 0 Å². The number of carboxylic acids is 1. The van der Waals surface area contributed by atoms with E-state index in [4.69, 9.17) is 5.11 Å². The molecule has 1 heterocycles. The molecule has 2 N–H and O–H groups in total. The normalized spacial score (nSPS) is 23.6. The highest BCUT2D eigenvalue weighted by atomic mass is 19.4. The molecule has 1 aromatic rings. The smallest absolute Gasteiger partial charge is 0.416 e. The van der Waals surface area contributed by atoms with E-state index in [0.717, 1.165) is 30.7 Å². The zero-order chi connectivity index (χ0) is 14.8. The first-order valence-electron chi connectivity index (χ1n) is 6.47. The molecule has 3 nitrogen and oxygen atoms in total. The highest BCUT2D eigenvalue weighted by Gasteiger charge is 2.32. The van der Waals surface area contributed by atoms with Crippen LogP contribution in [0.3, 0.4) is 0 Å². The predicted octanol–water partition coefficient (Wildman–Crippen LogP) is 2.87. The number of aliphatic carboxylic acids is 1. The Kier molecular flexibility index (Phi) is 4.32. The highest BCUT2D eigenvalue weighted by Crippen LogP contribution is 2.34. The summed E-state index contributed by atoms with van der Waals surface area (Å²) in [6, 6.07) is 5.02. The molecule has 20 heavy (non-hydrogen) atoms. The van der Waals surface area contributed by atoms with E-state index >= 15 is 0 Å². The molecule has 2 atom stereocenters. The number of benzene rings is 1. The monoisotopic (exact) mass is 287 g/mol. The van der Waals surface area contributed by atoms with E-state index in [1.165, 1.54) is 12.1 Å². The number of carbonyl (C=O) groups is 1. The quantitative estimate of drug-likeness (QED) is 0.898. The lowest BCUT2D eigenvalue weighted by molar-refractivity contribution is -0.138. The number of alkyl halides is 3. The largest absolute Gasteiger partial charge is 0.481 e. The summed E-state index contributed by atoms with van der Waals surface area (Å²) < 4.78 is 37.6. The van der Waals surface area contributed by atoms with Crippen molar-refractivity contribution in [3.63, 3.8) is 0 Å². The van der Waals surface area contributed by atoms with Crippen LogP contribution in [-0.4, -0.2) is 24.2 Å². The zero-order valence-corrected chi connectivity index (χ0v) is 10.8. The fourth-order valence-electron chi connectivity index (χ4n) is 2.69. The van der Waals surface area contributed by atoms with Crippen LogP contribution >= 0.6 is 0 Å². The lowest BCUT2D eigenvalue weighted by atomic mass is 9.79. The molecule has 0 radical (unpaired) electrons. The molecular weight excluding hydrogens is 271 g/mol. The zero-order valence-electron chi connectivity index (χ0n) is 10.8. The fraction of sp³-hybridized carbons (Fsp3) is 0.500. The number of rotatable bonds is 3. The van der Waals surface area contributed by atoms with E-state index in [0.29, 0.717) is 6.54 Å². The summed E-state index contributed by atoms with van der Waals surface area (Å²) in [5.74, 6) is -0.957. The van der Waals surface area contributed by atoms with Gasteiger partial charge in [0.15, 0.2) is 0 Å². The molecule has 2 rings (SSSR count). The SMILES string of the molecule is O=C(O)CC1CCNCC1c1ccc(C(F)(F)F)cc1. The summed E-state index contributed by atoms with van der Waals surface area (Å²) in [4.78, 5) is 10.9. The molecule has 2 unspecified atom stereocenters. The topological polar surface area (TPSA) is 49.3 Å². The second kappa shape index (κ2) is 5.83. The molecule has 0 amide bonds. The minimum atomic E-state index is -4.34. The van der Waals surface area contributed by atoms with Gasteiger partial charge in [-0.05, 0) is 42.5 Å². The van der Waals surface area contributed by atoms with E-state index in [2.05, 4.69) is 5.32 Å². The van der Waals surface area contributed by atoms with Gasteiger partial charge in [0.05, 0.1) is 5.56 Å². The summed E-state index contributed by atoms with van der Waals surface area (Å²) in [5.41, 5.74) is 0.0799. The number of carboxylic acid groups (broad SMARTS) is 1. The van der Waals surface area contributed by atoms with Gasteiger partial charge in [0.1, 0.15) is 0 Å². The van der Waals surface area contributed by atoms with Crippen molar-refractivity contribution in [2.75, 3.05) is 13.1 Å². The van der Waals surface area contributed by atoms with Crippen molar-refractivity contribution in [2.45, 2.75) is 24.9 Å². The molecular formula is C14H16F3NO2. The number of nitrogens with one attached hydrogen (secondary N) is 1. The number of halogens is 3. The second-order valence-corrected chi connectivity index (χ2v) is 5.08. The van der Waals surface area contributed by atoms with Crippen LogP contribution in [0, 0.1) is 5.92 Å². The van der Waals surface area contributed by atoms with Gasteiger partial charge >= 0.3 is 12.1 Å². The van der Waals surface area contributed by atoms with Crippen molar-refractivity contribution in [1.29, 1.82) is 0 Å². The molecule has 1 aliphatic heterocycles. The average molecular weight is 287 g/mol. The van der Waals surface area contributed by atoms with Crippen LogP contribution in [0.2, 0.25) is 0 Å². The molecule has 1 saturated heterocycles. The molecule has 0 bridgehead atoms. The predicted molar refractivity (Wildman–Crippen MR) is 67.4 cm³/mol. The third-order valence-electron chi connectivity index (χ3n) is 3.73. The Morgan fingerprint density at radius 1 is 1.30 bits per heavy atom. The van der Waals surface area contributed by atoms with Gasteiger partial charge in [-0.15, -0.1) is 0 Å². The maximum Gasteiger partial charge on any atom is 0.416 e. The van der Waals surface area contributed by atoms with Gasteiger partial charge in [0, 0.05) is 13.0 Å². The van der Waals surface area contributed by atoms with Crippen molar-refractivity contribution in [3.8, 4) is 0 Å². The number of hydrogen-bond donors (Lipinski definition) is 2. The van der Waals surface area contributed by atoms with Crippen LogP contribution in [0.4, 0.5) is 13.2 Å². The third-order valence-corrected chi connectivity index (χ3v) is 3.73. The lowest BCUT2D eigenvalue weighted by Gasteiger charge is -2.31.